The summed E-state index contributed by atoms with van der Waals surface area (Å²) in [5.41, 5.74) is 1.68. The van der Waals surface area contributed by atoms with Crippen LogP contribution >= 0.6 is 43.6 Å². The molecule has 23 heavy (non-hydrogen) atoms. The predicted octanol–water partition coefficient (Wildman–Crippen LogP) is 2.77. The average Bonchev–Trinajstić information content (AvgIpc) is 2.77. The molecule has 1 heterocycles. The number of amides is 1. The second-order valence-corrected chi connectivity index (χ2v) is 7.59. The van der Waals surface area contributed by atoms with Gasteiger partial charge in [0.15, 0.2) is 5.69 Å². The van der Waals surface area contributed by atoms with Crippen LogP contribution in [0.5, 0.6) is 5.75 Å². The Morgan fingerprint density at radius 3 is 2.57 bits per heavy atom. The van der Waals surface area contributed by atoms with Gasteiger partial charge < -0.3 is 10.4 Å². The van der Waals surface area contributed by atoms with Crippen molar-refractivity contribution in [2.75, 3.05) is 12.8 Å². The van der Waals surface area contributed by atoms with Crippen LogP contribution in [0.25, 0.3) is 0 Å². The van der Waals surface area contributed by atoms with Crippen LogP contribution in [0.4, 0.5) is 0 Å². The zero-order chi connectivity index (χ0) is 17.1. The van der Waals surface area contributed by atoms with Crippen molar-refractivity contribution < 1.29 is 14.5 Å². The Hall–Kier alpha value is -0.990. The molecule has 2 N–H and O–H groups in total. The van der Waals surface area contributed by atoms with E-state index in [2.05, 4.69) is 46.3 Å². The van der Waals surface area contributed by atoms with Gasteiger partial charge in [-0.15, -0.1) is 0 Å². The highest BCUT2D eigenvalue weighted by molar-refractivity contribution is 9.11. The highest BCUT2D eigenvalue weighted by Gasteiger charge is 2.18. The van der Waals surface area contributed by atoms with Crippen LogP contribution in [0.2, 0.25) is 0 Å². The summed E-state index contributed by atoms with van der Waals surface area (Å²) in [4.78, 5) is 12.2. The number of aryl methyl sites for hydroxylation is 2. The fourth-order valence-corrected chi connectivity index (χ4v) is 4.38. The third kappa shape index (κ3) is 4.10. The SMILES string of the molecule is CSc1c(CCNC(=O)c2cc(Br)c(O)c(Br)c2)n(C)c[n+]1C. The van der Waals surface area contributed by atoms with Crippen LogP contribution in [0.1, 0.15) is 16.1 Å². The highest BCUT2D eigenvalue weighted by Crippen LogP contribution is 2.33. The number of thioether (sulfide) groups is 1. The van der Waals surface area contributed by atoms with Gasteiger partial charge in [-0.1, -0.05) is 11.8 Å². The van der Waals surface area contributed by atoms with Crippen LogP contribution in [-0.2, 0) is 20.5 Å². The zero-order valence-electron chi connectivity index (χ0n) is 13.1. The molecule has 1 amide bonds. The summed E-state index contributed by atoms with van der Waals surface area (Å²) in [6, 6.07) is 3.20. The minimum Gasteiger partial charge on any atom is -0.506 e. The number of hydrogen-bond donors (Lipinski definition) is 2. The van der Waals surface area contributed by atoms with Crippen molar-refractivity contribution in [3.63, 3.8) is 0 Å². The van der Waals surface area contributed by atoms with Crippen LogP contribution in [0.15, 0.2) is 32.4 Å². The highest BCUT2D eigenvalue weighted by atomic mass is 79.9. The molecule has 1 aromatic heterocycles. The molecule has 0 aliphatic rings. The molecule has 0 fully saturated rings. The Morgan fingerprint density at radius 1 is 1.39 bits per heavy atom. The third-order valence-corrected chi connectivity index (χ3v) is 5.58. The van der Waals surface area contributed by atoms with Crippen molar-refractivity contribution in [1.82, 2.24) is 9.88 Å². The van der Waals surface area contributed by atoms with Gasteiger partial charge in [0.25, 0.3) is 5.91 Å². The van der Waals surface area contributed by atoms with E-state index >= 15 is 0 Å². The molecule has 2 rings (SSSR count). The molecule has 0 aliphatic heterocycles. The summed E-state index contributed by atoms with van der Waals surface area (Å²) in [5.74, 6) is -0.0850. The number of imidazole rings is 1. The summed E-state index contributed by atoms with van der Waals surface area (Å²) in [6.07, 6.45) is 4.82. The molecule has 5 nitrogen and oxygen atoms in total. The monoisotopic (exact) mass is 462 g/mol. The number of hydrogen-bond acceptors (Lipinski definition) is 3. The average molecular weight is 464 g/mol. The molecule has 1 aromatic carbocycles. The number of phenols is 1. The van der Waals surface area contributed by atoms with Crippen molar-refractivity contribution in [3.8, 4) is 5.75 Å². The number of rotatable bonds is 5. The summed E-state index contributed by atoms with van der Waals surface area (Å²) in [6.45, 7) is 0.542. The fourth-order valence-electron chi connectivity index (χ4n) is 2.37. The van der Waals surface area contributed by atoms with Gasteiger partial charge in [-0.25, -0.2) is 9.13 Å². The molecule has 0 atom stereocenters. The Labute approximate surface area is 156 Å². The Morgan fingerprint density at radius 2 is 2.00 bits per heavy atom. The molecule has 2 aromatic rings. The minimum atomic E-state index is -0.171. The van der Waals surface area contributed by atoms with Crippen molar-refractivity contribution in [2.24, 2.45) is 14.1 Å². The number of carbonyl (C=O) groups is 1. The van der Waals surface area contributed by atoms with Gasteiger partial charge in [0.05, 0.1) is 23.0 Å². The first kappa shape index (κ1) is 18.4. The molecular weight excluding hydrogens is 446 g/mol. The molecular formula is C15H18Br2N3O2S+. The van der Waals surface area contributed by atoms with E-state index in [1.807, 2.05) is 26.7 Å². The molecule has 0 saturated carbocycles. The smallest absolute Gasteiger partial charge is 0.251 e. The lowest BCUT2D eigenvalue weighted by Crippen LogP contribution is -2.28. The molecule has 0 bridgehead atoms. The largest absolute Gasteiger partial charge is 0.506 e. The number of nitrogens with one attached hydrogen (secondary N) is 1. The zero-order valence-corrected chi connectivity index (χ0v) is 17.0. The van der Waals surface area contributed by atoms with E-state index in [1.54, 1.807) is 23.9 Å². The predicted molar refractivity (Wildman–Crippen MR) is 97.9 cm³/mol. The second-order valence-electron chi connectivity index (χ2n) is 5.09. The number of nitrogens with zero attached hydrogens (tertiary/aromatic N) is 2. The van der Waals surface area contributed by atoms with E-state index in [0.29, 0.717) is 21.1 Å². The van der Waals surface area contributed by atoms with Crippen LogP contribution in [0.3, 0.4) is 0 Å². The number of aromatic nitrogens is 2. The van der Waals surface area contributed by atoms with Crippen molar-refractivity contribution in [3.05, 3.63) is 38.7 Å². The molecule has 124 valence electrons. The first-order chi connectivity index (χ1) is 10.8. The summed E-state index contributed by atoms with van der Waals surface area (Å²) < 4.78 is 5.12. The Bertz CT molecular complexity index is 724. The number of carbonyl (C=O) groups excluding carboxylic acids is 1. The van der Waals surface area contributed by atoms with Gasteiger partial charge in [0.2, 0.25) is 11.4 Å². The maximum absolute atomic E-state index is 12.2. The lowest BCUT2D eigenvalue weighted by atomic mass is 10.2. The topological polar surface area (TPSA) is 58.1 Å². The van der Waals surface area contributed by atoms with Gasteiger partial charge in [-0.3, -0.25) is 4.79 Å². The molecule has 0 unspecified atom stereocenters. The third-order valence-electron chi connectivity index (χ3n) is 3.46. The quantitative estimate of drug-likeness (QED) is 0.529. The Balaban J connectivity index is 2.03. The molecule has 0 radical (unpaired) electrons. The molecule has 0 aliphatic carbocycles. The number of phenolic OH excluding ortho intramolecular Hbond substituents is 1. The summed E-state index contributed by atoms with van der Waals surface area (Å²) in [5, 5.41) is 13.8. The number of halogens is 2. The summed E-state index contributed by atoms with van der Waals surface area (Å²) >= 11 is 8.16. The summed E-state index contributed by atoms with van der Waals surface area (Å²) in [7, 11) is 4.02. The normalized spacial score (nSPS) is 10.8. The van der Waals surface area contributed by atoms with E-state index in [-0.39, 0.29) is 11.7 Å². The maximum atomic E-state index is 12.2. The van der Waals surface area contributed by atoms with Gasteiger partial charge in [0, 0.05) is 18.5 Å². The van der Waals surface area contributed by atoms with Crippen molar-refractivity contribution in [2.45, 2.75) is 11.4 Å². The molecule has 0 spiro atoms. The van der Waals surface area contributed by atoms with Gasteiger partial charge in [0.1, 0.15) is 5.75 Å². The first-order valence-corrected chi connectivity index (χ1v) is 9.70. The van der Waals surface area contributed by atoms with Crippen LogP contribution in [-0.4, -0.2) is 28.4 Å². The standard InChI is InChI=1S/C15H17Br2N3O2S/c1-19-8-20(2)15(23-3)12(19)4-5-18-14(22)9-6-10(16)13(21)11(17)7-9/h6-8H,4-5H2,1-3H3,(H-,18,21,22)/p+1. The van der Waals surface area contributed by atoms with Crippen LogP contribution in [0, 0.1) is 0 Å². The minimum absolute atomic E-state index is 0.0856. The maximum Gasteiger partial charge on any atom is 0.251 e. The van der Waals surface area contributed by atoms with E-state index in [4.69, 9.17) is 0 Å². The van der Waals surface area contributed by atoms with Gasteiger partial charge in [-0.05, 0) is 50.2 Å². The van der Waals surface area contributed by atoms with E-state index in [0.717, 1.165) is 6.42 Å². The van der Waals surface area contributed by atoms with Gasteiger partial charge in [-0.2, -0.15) is 0 Å². The number of aromatic hydroxyl groups is 1. The fraction of sp³-hybridized carbons (Fsp3) is 0.333. The van der Waals surface area contributed by atoms with Gasteiger partial charge >= 0.3 is 0 Å². The van der Waals surface area contributed by atoms with Crippen molar-refractivity contribution in [1.29, 1.82) is 0 Å². The first-order valence-electron chi connectivity index (χ1n) is 6.89. The lowest BCUT2D eigenvalue weighted by Gasteiger charge is -2.07. The molecule has 0 saturated heterocycles. The van der Waals surface area contributed by atoms with E-state index in [1.165, 1.54) is 10.7 Å². The lowest BCUT2D eigenvalue weighted by molar-refractivity contribution is -0.707. The second kappa shape index (κ2) is 7.72. The number of benzene rings is 1. The molecule has 8 heteroatoms. The van der Waals surface area contributed by atoms with E-state index in [9.17, 15) is 9.90 Å². The van der Waals surface area contributed by atoms with Crippen molar-refractivity contribution >= 4 is 49.5 Å². The Kier molecular flexibility index (Phi) is 6.16. The van der Waals surface area contributed by atoms with Crippen LogP contribution < -0.4 is 9.88 Å². The van der Waals surface area contributed by atoms with E-state index < -0.39 is 0 Å².